The van der Waals surface area contributed by atoms with E-state index < -0.39 is 0 Å². The molecule has 0 radical (unpaired) electrons. The molecule has 0 bridgehead atoms. The van der Waals surface area contributed by atoms with Crippen LogP contribution in [0.25, 0.3) is 0 Å². The van der Waals surface area contributed by atoms with Crippen LogP contribution >= 0.6 is 0 Å². The minimum Gasteiger partial charge on any atom is -0.465 e. The zero-order valence-electron chi connectivity index (χ0n) is 12.2. The number of carbonyl (C=O) groups is 1. The summed E-state index contributed by atoms with van der Waals surface area (Å²) < 4.78 is 4.74. The van der Waals surface area contributed by atoms with Gasteiger partial charge in [-0.3, -0.25) is 0 Å². The van der Waals surface area contributed by atoms with E-state index in [9.17, 15) is 4.79 Å². The molecule has 0 aliphatic carbocycles. The molecule has 1 aromatic carbocycles. The number of hydrogen-bond donors (Lipinski definition) is 2. The highest BCUT2D eigenvalue weighted by atomic mass is 16.5. The molecule has 5 heteroatoms. The van der Waals surface area contributed by atoms with Crippen molar-refractivity contribution in [1.82, 2.24) is 4.90 Å². The summed E-state index contributed by atoms with van der Waals surface area (Å²) in [6.07, 6.45) is 2.31. The van der Waals surface area contributed by atoms with Crippen LogP contribution in [0, 0.1) is 0 Å². The summed E-state index contributed by atoms with van der Waals surface area (Å²) in [5.41, 5.74) is 7.98. The number of hydrogen-bond acceptors (Lipinski definition) is 5. The van der Waals surface area contributed by atoms with Crippen molar-refractivity contribution in [3.8, 4) is 0 Å². The smallest absolute Gasteiger partial charge is 0.337 e. The summed E-state index contributed by atoms with van der Waals surface area (Å²) >= 11 is 0. The summed E-state index contributed by atoms with van der Waals surface area (Å²) in [6, 6.07) is 5.57. The molecule has 1 heterocycles. The van der Waals surface area contributed by atoms with E-state index in [-0.39, 0.29) is 5.97 Å². The Labute approximate surface area is 120 Å². The molecular formula is C15H23N3O2. The number of nitrogens with one attached hydrogen (secondary N) is 1. The van der Waals surface area contributed by atoms with Gasteiger partial charge in [0, 0.05) is 12.6 Å². The van der Waals surface area contributed by atoms with Crippen molar-refractivity contribution in [3.63, 3.8) is 0 Å². The Morgan fingerprint density at radius 3 is 3.05 bits per heavy atom. The molecule has 0 spiro atoms. The topological polar surface area (TPSA) is 67.6 Å². The van der Waals surface area contributed by atoms with E-state index in [4.69, 9.17) is 10.5 Å². The highest BCUT2D eigenvalue weighted by Crippen LogP contribution is 2.23. The maximum atomic E-state index is 11.6. The molecule has 1 aliphatic rings. The standard InChI is InChI=1S/C15H23N3O2/c1-3-18-8-4-5-12(10-18)17-14-9-11(15(19)20-2)6-7-13(14)16/h6-7,9,12,17H,3-5,8,10,16H2,1-2H3. The highest BCUT2D eigenvalue weighted by molar-refractivity contribution is 5.92. The fourth-order valence-electron chi connectivity index (χ4n) is 2.61. The molecular weight excluding hydrogens is 254 g/mol. The van der Waals surface area contributed by atoms with Gasteiger partial charge in [0.05, 0.1) is 24.0 Å². The van der Waals surface area contributed by atoms with Gasteiger partial charge in [0.15, 0.2) is 0 Å². The van der Waals surface area contributed by atoms with Crippen molar-refractivity contribution in [2.75, 3.05) is 37.8 Å². The molecule has 0 aromatic heterocycles. The van der Waals surface area contributed by atoms with Crippen LogP contribution in [0.2, 0.25) is 0 Å². The lowest BCUT2D eigenvalue weighted by molar-refractivity contribution is 0.0601. The Bertz CT molecular complexity index is 476. The molecule has 1 aromatic rings. The van der Waals surface area contributed by atoms with E-state index in [0.717, 1.165) is 31.7 Å². The second kappa shape index (κ2) is 6.61. The van der Waals surface area contributed by atoms with Crippen LogP contribution in [0.3, 0.4) is 0 Å². The number of carbonyl (C=O) groups excluding carboxylic acids is 1. The minimum absolute atomic E-state index is 0.341. The number of likely N-dealkylation sites (tertiary alicyclic amines) is 1. The summed E-state index contributed by atoms with van der Waals surface area (Å²) in [6.45, 7) is 5.41. The van der Waals surface area contributed by atoms with E-state index in [2.05, 4.69) is 17.1 Å². The first kappa shape index (κ1) is 14.7. The molecule has 1 atom stereocenters. The number of likely N-dealkylation sites (N-methyl/N-ethyl adjacent to an activating group) is 1. The third kappa shape index (κ3) is 3.42. The molecule has 2 rings (SSSR count). The molecule has 110 valence electrons. The number of nitrogens with zero attached hydrogens (tertiary/aromatic N) is 1. The fraction of sp³-hybridized carbons (Fsp3) is 0.533. The van der Waals surface area contributed by atoms with E-state index in [1.165, 1.54) is 13.5 Å². The van der Waals surface area contributed by atoms with Crippen LogP contribution < -0.4 is 11.1 Å². The van der Waals surface area contributed by atoms with Crippen LogP contribution in [-0.2, 0) is 4.74 Å². The number of rotatable bonds is 4. The summed E-state index contributed by atoms with van der Waals surface area (Å²) in [5.74, 6) is -0.341. The van der Waals surface area contributed by atoms with E-state index in [1.807, 2.05) is 0 Å². The minimum atomic E-state index is -0.341. The van der Waals surface area contributed by atoms with Gasteiger partial charge < -0.3 is 20.7 Å². The van der Waals surface area contributed by atoms with Gasteiger partial charge in [-0.1, -0.05) is 6.92 Å². The van der Waals surface area contributed by atoms with E-state index in [1.54, 1.807) is 18.2 Å². The molecule has 1 saturated heterocycles. The third-order valence-corrected chi connectivity index (χ3v) is 3.79. The molecule has 1 unspecified atom stereocenters. The normalized spacial score (nSPS) is 19.6. The molecule has 5 nitrogen and oxygen atoms in total. The Kier molecular flexibility index (Phi) is 4.84. The molecule has 20 heavy (non-hydrogen) atoms. The number of nitrogen functional groups attached to an aromatic ring is 1. The molecule has 0 amide bonds. The van der Waals surface area contributed by atoms with Gasteiger partial charge in [-0.15, -0.1) is 0 Å². The zero-order valence-corrected chi connectivity index (χ0v) is 12.2. The molecule has 1 fully saturated rings. The number of ether oxygens (including phenoxy) is 1. The third-order valence-electron chi connectivity index (χ3n) is 3.79. The summed E-state index contributed by atoms with van der Waals surface area (Å²) in [5, 5.41) is 3.46. The highest BCUT2D eigenvalue weighted by Gasteiger charge is 2.19. The van der Waals surface area contributed by atoms with Crippen molar-refractivity contribution in [3.05, 3.63) is 23.8 Å². The van der Waals surface area contributed by atoms with E-state index >= 15 is 0 Å². The molecule has 3 N–H and O–H groups in total. The first-order valence-corrected chi connectivity index (χ1v) is 7.10. The molecule has 1 aliphatic heterocycles. The Hall–Kier alpha value is -1.75. The van der Waals surface area contributed by atoms with E-state index in [0.29, 0.717) is 17.3 Å². The second-order valence-electron chi connectivity index (χ2n) is 5.17. The van der Waals surface area contributed by atoms with Gasteiger partial charge in [-0.2, -0.15) is 0 Å². The maximum Gasteiger partial charge on any atom is 0.337 e. The second-order valence-corrected chi connectivity index (χ2v) is 5.17. The Morgan fingerprint density at radius 2 is 2.35 bits per heavy atom. The first-order chi connectivity index (χ1) is 9.63. The van der Waals surface area contributed by atoms with Crippen LogP contribution in [0.1, 0.15) is 30.1 Å². The first-order valence-electron chi connectivity index (χ1n) is 7.10. The number of nitrogens with two attached hydrogens (primary N) is 1. The SMILES string of the molecule is CCN1CCCC(Nc2cc(C(=O)OC)ccc2N)C1. The van der Waals surface area contributed by atoms with Gasteiger partial charge >= 0.3 is 5.97 Å². The number of benzene rings is 1. The predicted molar refractivity (Wildman–Crippen MR) is 81.0 cm³/mol. The molecule has 0 saturated carbocycles. The van der Waals surface area contributed by atoms with Crippen molar-refractivity contribution in [2.45, 2.75) is 25.8 Å². The quantitative estimate of drug-likeness (QED) is 0.650. The summed E-state index contributed by atoms with van der Waals surface area (Å²) in [7, 11) is 1.38. The zero-order chi connectivity index (χ0) is 14.5. The Balaban J connectivity index is 2.10. The van der Waals surface area contributed by atoms with Crippen molar-refractivity contribution in [1.29, 1.82) is 0 Å². The monoisotopic (exact) mass is 277 g/mol. The maximum absolute atomic E-state index is 11.6. The van der Waals surface area contributed by atoms with Gasteiger partial charge in [-0.05, 0) is 44.1 Å². The van der Waals surface area contributed by atoms with Crippen LogP contribution in [0.15, 0.2) is 18.2 Å². The van der Waals surface area contributed by atoms with Gasteiger partial charge in [-0.25, -0.2) is 4.79 Å². The van der Waals surface area contributed by atoms with Crippen molar-refractivity contribution >= 4 is 17.3 Å². The largest absolute Gasteiger partial charge is 0.465 e. The number of anilines is 2. The summed E-state index contributed by atoms with van der Waals surface area (Å²) in [4.78, 5) is 14.0. The van der Waals surface area contributed by atoms with Crippen molar-refractivity contribution in [2.24, 2.45) is 0 Å². The number of esters is 1. The van der Waals surface area contributed by atoms with Crippen LogP contribution in [0.4, 0.5) is 11.4 Å². The lowest BCUT2D eigenvalue weighted by Gasteiger charge is -2.33. The predicted octanol–water partition coefficient (Wildman–Crippen LogP) is 1.95. The number of methoxy groups -OCH3 is 1. The van der Waals surface area contributed by atoms with Gasteiger partial charge in [0.1, 0.15) is 0 Å². The van der Waals surface area contributed by atoms with Crippen molar-refractivity contribution < 1.29 is 9.53 Å². The number of piperidine rings is 1. The van der Waals surface area contributed by atoms with Gasteiger partial charge in [0.2, 0.25) is 0 Å². The van der Waals surface area contributed by atoms with Crippen LogP contribution in [-0.4, -0.2) is 43.7 Å². The lowest BCUT2D eigenvalue weighted by Crippen LogP contribution is -2.41. The van der Waals surface area contributed by atoms with Crippen LogP contribution in [0.5, 0.6) is 0 Å². The average molecular weight is 277 g/mol. The van der Waals surface area contributed by atoms with Gasteiger partial charge in [0.25, 0.3) is 0 Å². The lowest BCUT2D eigenvalue weighted by atomic mass is 10.0. The fourth-order valence-corrected chi connectivity index (χ4v) is 2.61. The Morgan fingerprint density at radius 1 is 1.55 bits per heavy atom. The average Bonchev–Trinajstić information content (AvgIpc) is 2.49.